The Balaban J connectivity index is 0.000000226. The van der Waals surface area contributed by atoms with Crippen molar-refractivity contribution in [1.82, 2.24) is 4.90 Å². The summed E-state index contributed by atoms with van der Waals surface area (Å²) in [7, 11) is 1.84. The molecule has 0 radical (unpaired) electrons. The lowest BCUT2D eigenvalue weighted by Gasteiger charge is -2.11. The molecular weight excluding hydrogens is 168 g/mol. The second kappa shape index (κ2) is 5.19. The molecule has 4 heteroatoms. The highest BCUT2D eigenvalue weighted by atomic mass is 16.3. The number of carbonyl (C=O) groups is 1. The van der Waals surface area contributed by atoms with Crippen molar-refractivity contribution in [3.8, 4) is 0 Å². The van der Waals surface area contributed by atoms with Gasteiger partial charge in [0.05, 0.1) is 5.60 Å². The number of rotatable bonds is 1. The second-order valence-electron chi connectivity index (χ2n) is 3.94. The molecule has 1 aliphatic rings. The van der Waals surface area contributed by atoms with Gasteiger partial charge in [0.1, 0.15) is 0 Å². The molecule has 0 atom stereocenters. The highest BCUT2D eigenvalue weighted by Gasteiger charge is 2.14. The first-order chi connectivity index (χ1) is 5.87. The summed E-state index contributed by atoms with van der Waals surface area (Å²) in [6.07, 6.45) is 1.81. The Bertz CT molecular complexity index is 163. The Hall–Kier alpha value is -0.610. The molecule has 1 fully saturated rings. The first kappa shape index (κ1) is 12.4. The van der Waals surface area contributed by atoms with Gasteiger partial charge in [0.15, 0.2) is 0 Å². The number of nitrogens with two attached hydrogens (primary N) is 1. The van der Waals surface area contributed by atoms with E-state index in [0.717, 1.165) is 19.4 Å². The van der Waals surface area contributed by atoms with Gasteiger partial charge in [-0.25, -0.2) is 0 Å². The van der Waals surface area contributed by atoms with Crippen LogP contribution in [0.4, 0.5) is 0 Å². The average Bonchev–Trinajstić information content (AvgIpc) is 2.36. The molecule has 4 nitrogen and oxygen atoms in total. The van der Waals surface area contributed by atoms with Gasteiger partial charge in [-0.1, -0.05) is 0 Å². The van der Waals surface area contributed by atoms with Gasteiger partial charge in [0.25, 0.3) is 0 Å². The van der Waals surface area contributed by atoms with Crippen LogP contribution < -0.4 is 5.73 Å². The SMILES string of the molecule is CC(C)(O)CN.CN1CCCC1=O. The van der Waals surface area contributed by atoms with Crippen LogP contribution in [0.5, 0.6) is 0 Å². The number of aliphatic hydroxyl groups is 1. The molecular formula is C9H20N2O2. The average molecular weight is 188 g/mol. The minimum absolute atomic E-state index is 0.292. The predicted molar refractivity (Wildman–Crippen MR) is 52.2 cm³/mol. The molecule has 0 saturated carbocycles. The van der Waals surface area contributed by atoms with Gasteiger partial charge in [-0.15, -0.1) is 0 Å². The lowest BCUT2D eigenvalue weighted by Crippen LogP contribution is -2.29. The van der Waals surface area contributed by atoms with Gasteiger partial charge < -0.3 is 15.7 Å². The first-order valence-electron chi connectivity index (χ1n) is 4.53. The fourth-order valence-corrected chi connectivity index (χ4v) is 0.783. The fraction of sp³-hybridized carbons (Fsp3) is 0.889. The number of amides is 1. The third-order valence-corrected chi connectivity index (χ3v) is 1.81. The fourth-order valence-electron chi connectivity index (χ4n) is 0.783. The molecule has 1 rings (SSSR count). The van der Waals surface area contributed by atoms with Crippen molar-refractivity contribution in [2.75, 3.05) is 20.1 Å². The van der Waals surface area contributed by atoms with Crippen molar-refractivity contribution < 1.29 is 9.90 Å². The molecule has 0 unspecified atom stereocenters. The zero-order valence-corrected chi connectivity index (χ0v) is 8.71. The first-order valence-corrected chi connectivity index (χ1v) is 4.53. The van der Waals surface area contributed by atoms with Crippen LogP contribution in [0.1, 0.15) is 26.7 Å². The summed E-state index contributed by atoms with van der Waals surface area (Å²) in [4.78, 5) is 12.3. The highest BCUT2D eigenvalue weighted by Crippen LogP contribution is 2.04. The van der Waals surface area contributed by atoms with E-state index in [0.29, 0.717) is 12.5 Å². The van der Waals surface area contributed by atoms with Crippen molar-refractivity contribution in [3.63, 3.8) is 0 Å². The van der Waals surface area contributed by atoms with E-state index in [-0.39, 0.29) is 0 Å². The Morgan fingerprint density at radius 3 is 2.15 bits per heavy atom. The van der Waals surface area contributed by atoms with E-state index in [2.05, 4.69) is 0 Å². The lowest BCUT2D eigenvalue weighted by molar-refractivity contribution is -0.126. The predicted octanol–water partition coefficient (Wildman–Crippen LogP) is -0.0454. The summed E-state index contributed by atoms with van der Waals surface area (Å²) >= 11 is 0. The minimum atomic E-state index is -0.681. The van der Waals surface area contributed by atoms with Crippen molar-refractivity contribution >= 4 is 5.91 Å². The summed E-state index contributed by atoms with van der Waals surface area (Å²) in [5.74, 6) is 0.292. The van der Waals surface area contributed by atoms with Crippen molar-refractivity contribution in [2.45, 2.75) is 32.3 Å². The van der Waals surface area contributed by atoms with Crippen LogP contribution in [0.25, 0.3) is 0 Å². The molecule has 0 spiro atoms. The monoisotopic (exact) mass is 188 g/mol. The Labute approximate surface area is 79.7 Å². The summed E-state index contributed by atoms with van der Waals surface area (Å²) in [5.41, 5.74) is 4.38. The normalized spacial score (nSPS) is 17.0. The molecule has 0 aliphatic carbocycles. The summed E-state index contributed by atoms with van der Waals surface area (Å²) in [6.45, 7) is 4.63. The van der Waals surface area contributed by atoms with Crippen LogP contribution in [0, 0.1) is 0 Å². The van der Waals surface area contributed by atoms with E-state index in [9.17, 15) is 4.79 Å². The molecule has 1 aliphatic heterocycles. The van der Waals surface area contributed by atoms with Gasteiger partial charge in [0, 0.05) is 26.6 Å². The number of carbonyl (C=O) groups excluding carboxylic acids is 1. The van der Waals surface area contributed by atoms with Crippen LogP contribution >= 0.6 is 0 Å². The van der Waals surface area contributed by atoms with Crippen molar-refractivity contribution in [3.05, 3.63) is 0 Å². The number of hydrogen-bond acceptors (Lipinski definition) is 3. The molecule has 1 saturated heterocycles. The van der Waals surface area contributed by atoms with Crippen LogP contribution in [0.3, 0.4) is 0 Å². The maximum Gasteiger partial charge on any atom is 0.222 e. The standard InChI is InChI=1S/C5H9NO.C4H11NO/c1-6-4-2-3-5(6)7;1-4(2,6)3-5/h2-4H2,1H3;6H,3,5H2,1-2H3. The van der Waals surface area contributed by atoms with Crippen LogP contribution in [-0.2, 0) is 4.79 Å². The Morgan fingerprint density at radius 2 is 2.08 bits per heavy atom. The summed E-state index contributed by atoms with van der Waals surface area (Å²) in [5, 5.41) is 8.70. The van der Waals surface area contributed by atoms with Crippen molar-refractivity contribution in [1.29, 1.82) is 0 Å². The largest absolute Gasteiger partial charge is 0.389 e. The Morgan fingerprint density at radius 1 is 1.62 bits per heavy atom. The quantitative estimate of drug-likeness (QED) is 0.606. The Kier molecular flexibility index (Phi) is 4.95. The van der Waals surface area contributed by atoms with Gasteiger partial charge in [0.2, 0.25) is 5.91 Å². The van der Waals surface area contributed by atoms with Crippen LogP contribution in [-0.4, -0.2) is 41.7 Å². The number of likely N-dealkylation sites (tertiary alicyclic amines) is 1. The van der Waals surface area contributed by atoms with E-state index in [1.165, 1.54) is 0 Å². The van der Waals surface area contributed by atoms with Gasteiger partial charge in [-0.2, -0.15) is 0 Å². The minimum Gasteiger partial charge on any atom is -0.389 e. The number of hydrogen-bond donors (Lipinski definition) is 2. The third kappa shape index (κ3) is 6.54. The van der Waals surface area contributed by atoms with Gasteiger partial charge >= 0.3 is 0 Å². The van der Waals surface area contributed by atoms with Crippen molar-refractivity contribution in [2.24, 2.45) is 5.73 Å². The molecule has 0 bridgehead atoms. The second-order valence-corrected chi connectivity index (χ2v) is 3.94. The van der Waals surface area contributed by atoms with Gasteiger partial charge in [-0.3, -0.25) is 4.79 Å². The maximum absolute atomic E-state index is 10.5. The van der Waals surface area contributed by atoms with E-state index in [1.807, 2.05) is 7.05 Å². The maximum atomic E-state index is 10.5. The van der Waals surface area contributed by atoms with Crippen LogP contribution in [0.15, 0.2) is 0 Å². The smallest absolute Gasteiger partial charge is 0.222 e. The molecule has 0 aromatic carbocycles. The topological polar surface area (TPSA) is 66.6 Å². The van der Waals surface area contributed by atoms with Gasteiger partial charge in [-0.05, 0) is 20.3 Å². The molecule has 1 heterocycles. The van der Waals surface area contributed by atoms with E-state index < -0.39 is 5.60 Å². The third-order valence-electron chi connectivity index (χ3n) is 1.81. The molecule has 0 aromatic heterocycles. The molecule has 1 amide bonds. The highest BCUT2D eigenvalue weighted by molar-refractivity contribution is 5.77. The molecule has 3 N–H and O–H groups in total. The zero-order valence-electron chi connectivity index (χ0n) is 8.71. The molecule has 13 heavy (non-hydrogen) atoms. The van der Waals surface area contributed by atoms with Crippen LogP contribution in [0.2, 0.25) is 0 Å². The molecule has 78 valence electrons. The lowest BCUT2D eigenvalue weighted by atomic mass is 10.1. The summed E-state index contributed by atoms with van der Waals surface area (Å²) in [6, 6.07) is 0. The summed E-state index contributed by atoms with van der Waals surface area (Å²) < 4.78 is 0. The van der Waals surface area contributed by atoms with E-state index >= 15 is 0 Å². The number of nitrogens with zero attached hydrogens (tertiary/aromatic N) is 1. The van der Waals surface area contributed by atoms with E-state index in [4.69, 9.17) is 10.8 Å². The zero-order chi connectivity index (χ0) is 10.5. The molecule has 0 aromatic rings. The van der Waals surface area contributed by atoms with E-state index in [1.54, 1.807) is 18.7 Å².